The van der Waals surface area contributed by atoms with Crippen LogP contribution >= 0.6 is 12.6 Å². The van der Waals surface area contributed by atoms with Crippen molar-refractivity contribution in [1.82, 2.24) is 4.98 Å². The van der Waals surface area contributed by atoms with E-state index in [9.17, 15) is 0 Å². The second kappa shape index (κ2) is 5.56. The number of ether oxygens (including phenoxy) is 1. The van der Waals surface area contributed by atoms with Crippen LogP contribution in [0.15, 0.2) is 48.7 Å². The van der Waals surface area contributed by atoms with E-state index in [0.717, 1.165) is 22.4 Å². The molecule has 82 valence electrons. The maximum atomic E-state index is 5.66. The molecule has 0 amide bonds. The lowest BCUT2D eigenvalue weighted by Gasteiger charge is -2.06. The highest BCUT2D eigenvalue weighted by Crippen LogP contribution is 2.23. The second-order valence-corrected chi connectivity index (χ2v) is 3.66. The average Bonchev–Trinajstić information content (AvgIpc) is 2.35. The molecule has 0 aliphatic rings. The summed E-state index contributed by atoms with van der Waals surface area (Å²) in [7, 11) is 0. The van der Waals surface area contributed by atoms with Gasteiger partial charge in [0.1, 0.15) is 12.4 Å². The van der Waals surface area contributed by atoms with Crippen LogP contribution in [0.2, 0.25) is 0 Å². The predicted molar refractivity (Wildman–Crippen MR) is 70.2 cm³/mol. The molecule has 0 bridgehead atoms. The van der Waals surface area contributed by atoms with E-state index in [4.69, 9.17) is 4.74 Å². The van der Waals surface area contributed by atoms with E-state index in [1.54, 1.807) is 6.20 Å². The topological polar surface area (TPSA) is 22.1 Å². The van der Waals surface area contributed by atoms with Crippen molar-refractivity contribution in [1.29, 1.82) is 0 Å². The number of hydrogen-bond acceptors (Lipinski definition) is 3. The van der Waals surface area contributed by atoms with Crippen molar-refractivity contribution >= 4 is 23.5 Å². The third-order valence-corrected chi connectivity index (χ3v) is 2.42. The Bertz CT molecular complexity index is 491. The molecule has 0 fully saturated rings. The van der Waals surface area contributed by atoms with Crippen LogP contribution in [-0.4, -0.2) is 17.3 Å². The van der Waals surface area contributed by atoms with Crippen molar-refractivity contribution in [3.8, 4) is 5.75 Å². The zero-order valence-corrected chi connectivity index (χ0v) is 9.73. The first-order chi connectivity index (χ1) is 7.92. The van der Waals surface area contributed by atoms with E-state index in [0.29, 0.717) is 6.61 Å². The van der Waals surface area contributed by atoms with E-state index in [1.165, 1.54) is 0 Å². The van der Waals surface area contributed by atoms with Crippen LogP contribution in [0.3, 0.4) is 0 Å². The van der Waals surface area contributed by atoms with Crippen LogP contribution in [0.25, 0.3) is 10.9 Å². The molecule has 0 spiro atoms. The molecular formula is C13H13NOS. The van der Waals surface area contributed by atoms with Crippen LogP contribution < -0.4 is 4.74 Å². The van der Waals surface area contributed by atoms with E-state index >= 15 is 0 Å². The summed E-state index contributed by atoms with van der Waals surface area (Å²) in [6.45, 7) is 0.564. The van der Waals surface area contributed by atoms with Gasteiger partial charge in [-0.25, -0.2) is 0 Å². The van der Waals surface area contributed by atoms with Crippen LogP contribution in [0, 0.1) is 0 Å². The molecule has 1 aromatic carbocycles. The molecule has 2 nitrogen and oxygen atoms in total. The smallest absolute Gasteiger partial charge is 0.129 e. The number of thiol groups is 1. The highest BCUT2D eigenvalue weighted by molar-refractivity contribution is 7.80. The Morgan fingerprint density at radius 1 is 1.19 bits per heavy atom. The minimum Gasteiger partial charge on any atom is -0.489 e. The number of benzene rings is 1. The Balaban J connectivity index is 2.20. The van der Waals surface area contributed by atoms with Gasteiger partial charge in [0, 0.05) is 17.3 Å². The van der Waals surface area contributed by atoms with Gasteiger partial charge in [-0.05, 0) is 24.3 Å². The minimum absolute atomic E-state index is 0.564. The normalized spacial score (nSPS) is 11.1. The Morgan fingerprint density at radius 3 is 3.00 bits per heavy atom. The van der Waals surface area contributed by atoms with Gasteiger partial charge >= 0.3 is 0 Å². The van der Waals surface area contributed by atoms with Gasteiger partial charge in [0.05, 0.1) is 5.52 Å². The van der Waals surface area contributed by atoms with Crippen molar-refractivity contribution in [2.24, 2.45) is 0 Å². The van der Waals surface area contributed by atoms with Gasteiger partial charge in [0.2, 0.25) is 0 Å². The molecule has 1 aromatic heterocycles. The lowest BCUT2D eigenvalue weighted by Crippen LogP contribution is -1.94. The van der Waals surface area contributed by atoms with Gasteiger partial charge in [-0.2, -0.15) is 12.6 Å². The first-order valence-corrected chi connectivity index (χ1v) is 5.77. The fourth-order valence-electron chi connectivity index (χ4n) is 1.48. The third kappa shape index (κ3) is 2.55. The summed E-state index contributed by atoms with van der Waals surface area (Å²) in [6.07, 6.45) is 5.71. The van der Waals surface area contributed by atoms with Gasteiger partial charge < -0.3 is 4.74 Å². The highest BCUT2D eigenvalue weighted by Gasteiger charge is 2.00. The molecule has 2 rings (SSSR count). The van der Waals surface area contributed by atoms with E-state index in [2.05, 4.69) is 17.6 Å². The fourth-order valence-corrected chi connectivity index (χ4v) is 1.63. The summed E-state index contributed by atoms with van der Waals surface area (Å²) in [4.78, 5) is 4.28. The Kier molecular flexibility index (Phi) is 3.83. The van der Waals surface area contributed by atoms with Gasteiger partial charge in [-0.1, -0.05) is 18.2 Å². The fraction of sp³-hybridized carbons (Fsp3) is 0.154. The number of nitrogens with zero attached hydrogens (tertiary/aromatic N) is 1. The Labute approximate surface area is 100 Å². The summed E-state index contributed by atoms with van der Waals surface area (Å²) in [5.41, 5.74) is 0.957. The Morgan fingerprint density at radius 2 is 2.12 bits per heavy atom. The lowest BCUT2D eigenvalue weighted by molar-refractivity contribution is 0.367. The summed E-state index contributed by atoms with van der Waals surface area (Å²) >= 11 is 4.09. The second-order valence-electron chi connectivity index (χ2n) is 3.29. The molecule has 3 heteroatoms. The van der Waals surface area contributed by atoms with Crippen molar-refractivity contribution < 1.29 is 4.74 Å². The summed E-state index contributed by atoms with van der Waals surface area (Å²) in [5, 5.41) is 1.05. The standard InChI is InChI=1S/C13H13NOS/c16-10-2-1-9-15-13-7-3-6-12-11(13)5-4-8-14-12/h1-8,16H,9-10H2/b2-1+. The van der Waals surface area contributed by atoms with Crippen molar-refractivity contribution in [3.63, 3.8) is 0 Å². The number of hydrogen-bond donors (Lipinski definition) is 1. The number of aromatic nitrogens is 1. The molecule has 0 saturated carbocycles. The predicted octanol–water partition coefficient (Wildman–Crippen LogP) is 3.10. The van der Waals surface area contributed by atoms with Crippen LogP contribution in [0.5, 0.6) is 5.75 Å². The Hall–Kier alpha value is -1.48. The van der Waals surface area contributed by atoms with Crippen LogP contribution in [0.1, 0.15) is 0 Å². The zero-order valence-electron chi connectivity index (χ0n) is 8.84. The minimum atomic E-state index is 0.564. The first kappa shape index (κ1) is 11.0. The maximum absolute atomic E-state index is 5.66. The molecule has 0 aliphatic carbocycles. The molecule has 0 atom stereocenters. The van der Waals surface area contributed by atoms with Gasteiger partial charge in [-0.15, -0.1) is 0 Å². The van der Waals surface area contributed by atoms with Crippen molar-refractivity contribution in [3.05, 3.63) is 48.7 Å². The molecule has 0 radical (unpaired) electrons. The quantitative estimate of drug-likeness (QED) is 0.645. The summed E-state index contributed by atoms with van der Waals surface area (Å²) in [5.74, 6) is 1.61. The monoisotopic (exact) mass is 231 g/mol. The number of fused-ring (bicyclic) bond motifs is 1. The average molecular weight is 231 g/mol. The number of rotatable bonds is 4. The SMILES string of the molecule is SC/C=C/COc1cccc2ncccc12. The molecule has 0 unspecified atom stereocenters. The molecule has 0 saturated heterocycles. The van der Waals surface area contributed by atoms with Gasteiger partial charge in [0.15, 0.2) is 0 Å². The lowest BCUT2D eigenvalue weighted by atomic mass is 10.2. The molecule has 1 heterocycles. The third-order valence-electron chi connectivity index (χ3n) is 2.21. The zero-order chi connectivity index (χ0) is 11.2. The van der Waals surface area contributed by atoms with E-state index in [1.807, 2.05) is 42.5 Å². The summed E-state index contributed by atoms with van der Waals surface area (Å²) < 4.78 is 5.66. The van der Waals surface area contributed by atoms with Crippen molar-refractivity contribution in [2.45, 2.75) is 0 Å². The highest BCUT2D eigenvalue weighted by atomic mass is 32.1. The largest absolute Gasteiger partial charge is 0.489 e. The molecule has 0 N–H and O–H groups in total. The van der Waals surface area contributed by atoms with Gasteiger partial charge in [0.25, 0.3) is 0 Å². The number of pyridine rings is 1. The molecule has 0 aliphatic heterocycles. The molecular weight excluding hydrogens is 218 g/mol. The van der Waals surface area contributed by atoms with Crippen molar-refractivity contribution in [2.75, 3.05) is 12.4 Å². The molecule has 16 heavy (non-hydrogen) atoms. The summed E-state index contributed by atoms with van der Waals surface area (Å²) in [6, 6.07) is 9.82. The van der Waals surface area contributed by atoms with E-state index in [-0.39, 0.29) is 0 Å². The van der Waals surface area contributed by atoms with E-state index < -0.39 is 0 Å². The molecule has 2 aromatic rings. The van der Waals surface area contributed by atoms with Crippen LogP contribution in [0.4, 0.5) is 0 Å². The maximum Gasteiger partial charge on any atom is 0.129 e. The van der Waals surface area contributed by atoms with Crippen LogP contribution in [-0.2, 0) is 0 Å². The van der Waals surface area contributed by atoms with Gasteiger partial charge in [-0.3, -0.25) is 4.98 Å². The first-order valence-electron chi connectivity index (χ1n) is 5.14.